The van der Waals surface area contributed by atoms with Crippen LogP contribution in [0.15, 0.2) is 53.3 Å². The number of aromatic nitrogens is 4. The van der Waals surface area contributed by atoms with Gasteiger partial charge in [0.2, 0.25) is 0 Å². The number of rotatable bonds is 9. The first-order chi connectivity index (χ1) is 20.7. The minimum atomic E-state index is -1.28. The van der Waals surface area contributed by atoms with Crippen molar-refractivity contribution in [1.29, 1.82) is 0 Å². The molecule has 12 heteroatoms. The van der Waals surface area contributed by atoms with E-state index < -0.39 is 25.2 Å². The van der Waals surface area contributed by atoms with Crippen LogP contribution in [0.25, 0.3) is 28.0 Å². The van der Waals surface area contributed by atoms with E-state index in [1.165, 1.54) is 25.3 Å². The summed E-state index contributed by atoms with van der Waals surface area (Å²) in [7, 11) is 0.151. The summed E-state index contributed by atoms with van der Waals surface area (Å²) in [4.78, 5) is 15.6. The average Bonchev–Trinajstić information content (AvgIpc) is 3.59. The lowest BCUT2D eigenvalue weighted by Crippen LogP contribution is -2.45. The van der Waals surface area contributed by atoms with Crippen molar-refractivity contribution in [2.45, 2.75) is 51.0 Å². The van der Waals surface area contributed by atoms with Crippen LogP contribution in [0.3, 0.4) is 0 Å². The second-order valence-corrected chi connectivity index (χ2v) is 17.9. The van der Waals surface area contributed by atoms with E-state index in [4.69, 9.17) is 24.0 Å². The lowest BCUT2D eigenvalue weighted by Gasteiger charge is -2.38. The predicted molar refractivity (Wildman–Crippen MR) is 165 cm³/mol. The molecule has 2 aliphatic rings. The fourth-order valence-corrected chi connectivity index (χ4v) is 6.36. The number of hydrogen-bond acceptors (Lipinski definition) is 8. The number of piperidine rings is 1. The molecule has 0 atom stereocenters. The van der Waals surface area contributed by atoms with Crippen LogP contribution >= 0.6 is 0 Å². The van der Waals surface area contributed by atoms with Crippen LogP contribution in [0.4, 0.5) is 10.1 Å². The van der Waals surface area contributed by atoms with Gasteiger partial charge in [0.25, 0.3) is 5.56 Å². The van der Waals surface area contributed by atoms with Crippen LogP contribution in [0, 0.1) is 5.82 Å². The Hall–Kier alpha value is -3.58. The number of hydrogen-bond donors (Lipinski definition) is 0. The van der Waals surface area contributed by atoms with Gasteiger partial charge >= 0.3 is 0 Å². The molecule has 2 saturated heterocycles. The lowest BCUT2D eigenvalue weighted by molar-refractivity contribution is -0.169. The van der Waals surface area contributed by atoms with Crippen LogP contribution in [0.5, 0.6) is 5.75 Å². The van der Waals surface area contributed by atoms with E-state index in [-0.39, 0.29) is 18.2 Å². The average molecular weight is 608 g/mol. The number of para-hydroxylation sites is 1. The Morgan fingerprint density at radius 1 is 1.02 bits per heavy atom. The smallest absolute Gasteiger partial charge is 0.273 e. The van der Waals surface area contributed by atoms with Crippen molar-refractivity contribution in [3.8, 4) is 22.7 Å². The Kier molecular flexibility index (Phi) is 8.11. The Balaban J connectivity index is 1.35. The first kappa shape index (κ1) is 29.5. The molecule has 4 aromatic rings. The molecule has 2 fully saturated rings. The van der Waals surface area contributed by atoms with Gasteiger partial charge in [-0.2, -0.15) is 14.9 Å². The molecule has 2 aromatic carbocycles. The topological polar surface area (TPSA) is 92.9 Å². The monoisotopic (exact) mass is 607 g/mol. The van der Waals surface area contributed by atoms with Crippen LogP contribution in [-0.2, 0) is 20.9 Å². The molecule has 0 amide bonds. The summed E-state index contributed by atoms with van der Waals surface area (Å²) >= 11 is 0. The van der Waals surface area contributed by atoms with Gasteiger partial charge in [0.15, 0.2) is 11.6 Å². The highest BCUT2D eigenvalue weighted by Gasteiger charge is 2.39. The number of ether oxygens (including phenoxy) is 4. The molecule has 4 heterocycles. The standard InChI is InChI=1S/C31H38FN5O5Si/c1-39-26-7-5-6-24(32)30(26)37-27(38)20-25-29(34-37)28(33-36(25)21-40-18-19-43(2,3)4)22-8-10-23(11-9-22)35-14-12-31(13-15-35)41-16-17-42-31/h5-11,20H,12-19,21H2,1-4H3. The maximum absolute atomic E-state index is 15.0. The minimum Gasteiger partial charge on any atom is -0.494 e. The third-order valence-corrected chi connectivity index (χ3v) is 9.77. The molecule has 0 saturated carbocycles. The second-order valence-electron chi connectivity index (χ2n) is 12.3. The van der Waals surface area contributed by atoms with Crippen molar-refractivity contribution in [2.24, 2.45) is 0 Å². The molecule has 2 aliphatic heterocycles. The van der Waals surface area contributed by atoms with Gasteiger partial charge in [0.05, 0.1) is 25.8 Å². The van der Waals surface area contributed by atoms with Crippen LogP contribution in [0.1, 0.15) is 12.8 Å². The maximum Gasteiger partial charge on any atom is 0.273 e. The third kappa shape index (κ3) is 6.10. The van der Waals surface area contributed by atoms with E-state index in [0.29, 0.717) is 36.5 Å². The molecule has 2 aromatic heterocycles. The molecular formula is C31H38FN5O5Si. The normalized spacial score (nSPS) is 16.8. The van der Waals surface area contributed by atoms with E-state index in [9.17, 15) is 4.79 Å². The summed E-state index contributed by atoms with van der Waals surface area (Å²) in [5, 5.41) is 9.49. The first-order valence-corrected chi connectivity index (χ1v) is 18.4. The van der Waals surface area contributed by atoms with Crippen molar-refractivity contribution < 1.29 is 23.3 Å². The zero-order valence-corrected chi connectivity index (χ0v) is 26.1. The lowest BCUT2D eigenvalue weighted by atomic mass is 10.0. The molecular weight excluding hydrogens is 569 g/mol. The maximum atomic E-state index is 15.0. The first-order valence-electron chi connectivity index (χ1n) is 14.7. The fourth-order valence-electron chi connectivity index (χ4n) is 5.60. The molecule has 228 valence electrons. The summed E-state index contributed by atoms with van der Waals surface area (Å²) in [5.41, 5.74) is 2.92. The van der Waals surface area contributed by atoms with E-state index in [1.807, 2.05) is 12.1 Å². The quantitative estimate of drug-likeness (QED) is 0.193. The molecule has 0 N–H and O–H groups in total. The molecule has 0 aliphatic carbocycles. The number of benzene rings is 2. The van der Waals surface area contributed by atoms with Crippen molar-refractivity contribution >= 4 is 24.8 Å². The molecule has 1 spiro atoms. The zero-order chi connectivity index (χ0) is 30.2. The van der Waals surface area contributed by atoms with Crippen LogP contribution < -0.4 is 15.2 Å². The number of halogens is 1. The fraction of sp³-hybridized carbons (Fsp3) is 0.452. The largest absolute Gasteiger partial charge is 0.494 e. The minimum absolute atomic E-state index is 0.0459. The SMILES string of the molecule is COc1cccc(F)c1-n1nc2c(-c3ccc(N4CCC5(CC4)OCCO5)cc3)nn(COCC[Si](C)(C)C)c2cc1=O. The molecule has 0 radical (unpaired) electrons. The van der Waals surface area contributed by atoms with Crippen molar-refractivity contribution in [2.75, 3.05) is 44.9 Å². The Morgan fingerprint density at radius 2 is 1.74 bits per heavy atom. The number of anilines is 1. The third-order valence-electron chi connectivity index (χ3n) is 8.07. The highest BCUT2D eigenvalue weighted by atomic mass is 28.3. The van der Waals surface area contributed by atoms with E-state index in [1.54, 1.807) is 10.7 Å². The second kappa shape index (κ2) is 11.8. The molecule has 6 rings (SSSR count). The van der Waals surface area contributed by atoms with Crippen molar-refractivity contribution in [3.05, 3.63) is 64.7 Å². The zero-order valence-electron chi connectivity index (χ0n) is 25.1. The van der Waals surface area contributed by atoms with Gasteiger partial charge in [-0.15, -0.1) is 0 Å². The molecule has 0 unspecified atom stereocenters. The number of nitrogens with zero attached hydrogens (tertiary/aromatic N) is 5. The Morgan fingerprint density at radius 3 is 2.42 bits per heavy atom. The van der Waals surface area contributed by atoms with Crippen molar-refractivity contribution in [3.63, 3.8) is 0 Å². The van der Waals surface area contributed by atoms with E-state index in [2.05, 4.69) is 41.8 Å². The summed E-state index contributed by atoms with van der Waals surface area (Å²) in [6, 6.07) is 15.0. The Labute approximate surface area is 250 Å². The molecule has 10 nitrogen and oxygen atoms in total. The van der Waals surface area contributed by atoms with Gasteiger partial charge < -0.3 is 23.8 Å². The van der Waals surface area contributed by atoms with Gasteiger partial charge in [-0.1, -0.05) is 37.8 Å². The number of fused-ring (bicyclic) bond motifs is 1. The van der Waals surface area contributed by atoms with Gasteiger partial charge in [-0.3, -0.25) is 4.79 Å². The number of methoxy groups -OCH3 is 1. The van der Waals surface area contributed by atoms with E-state index in [0.717, 1.165) is 47.9 Å². The van der Waals surface area contributed by atoms with Gasteiger partial charge in [-0.25, -0.2) is 9.07 Å². The van der Waals surface area contributed by atoms with Gasteiger partial charge in [0.1, 0.15) is 29.4 Å². The summed E-state index contributed by atoms with van der Waals surface area (Å²) in [5.74, 6) is -0.835. The van der Waals surface area contributed by atoms with E-state index >= 15 is 4.39 Å². The van der Waals surface area contributed by atoms with Gasteiger partial charge in [0, 0.05) is 57.9 Å². The summed E-state index contributed by atoms with van der Waals surface area (Å²) < 4.78 is 40.8. The Bertz CT molecular complexity index is 1650. The van der Waals surface area contributed by atoms with Gasteiger partial charge in [-0.05, 0) is 30.3 Å². The molecule has 43 heavy (non-hydrogen) atoms. The predicted octanol–water partition coefficient (Wildman–Crippen LogP) is 5.05. The molecule has 0 bridgehead atoms. The highest BCUT2D eigenvalue weighted by Crippen LogP contribution is 2.34. The summed E-state index contributed by atoms with van der Waals surface area (Å²) in [6.45, 7) is 10.6. The highest BCUT2D eigenvalue weighted by molar-refractivity contribution is 6.76. The van der Waals surface area contributed by atoms with Crippen LogP contribution in [0.2, 0.25) is 25.7 Å². The van der Waals surface area contributed by atoms with Crippen LogP contribution in [-0.4, -0.2) is 73.4 Å². The van der Waals surface area contributed by atoms with Crippen molar-refractivity contribution in [1.82, 2.24) is 19.6 Å². The summed E-state index contributed by atoms with van der Waals surface area (Å²) in [6.07, 6.45) is 1.64.